The van der Waals surface area contributed by atoms with Crippen molar-refractivity contribution in [1.82, 2.24) is 10.3 Å². The zero-order valence-corrected chi connectivity index (χ0v) is 10.4. The molecule has 0 saturated carbocycles. The maximum absolute atomic E-state index is 11.5. The van der Waals surface area contributed by atoms with Crippen molar-refractivity contribution in [2.45, 2.75) is 25.9 Å². The molecule has 2 rings (SSSR count). The summed E-state index contributed by atoms with van der Waals surface area (Å²) in [5.74, 6) is -0.586. The van der Waals surface area contributed by atoms with Crippen LogP contribution in [0.5, 0.6) is 0 Å². The van der Waals surface area contributed by atoms with Crippen molar-refractivity contribution in [3.05, 3.63) is 24.0 Å². The Morgan fingerprint density at radius 2 is 2.22 bits per heavy atom. The highest BCUT2D eigenvalue weighted by Crippen LogP contribution is 2.19. The van der Waals surface area contributed by atoms with Crippen molar-refractivity contribution in [3.63, 3.8) is 0 Å². The molecule has 0 spiro atoms. The van der Waals surface area contributed by atoms with Gasteiger partial charge in [0.25, 0.3) is 0 Å². The van der Waals surface area contributed by atoms with Crippen molar-refractivity contribution < 1.29 is 9.59 Å². The number of hydrogen-bond donors (Lipinski definition) is 2. The molecule has 1 aliphatic heterocycles. The molecule has 2 heterocycles. The van der Waals surface area contributed by atoms with Gasteiger partial charge in [-0.2, -0.15) is 0 Å². The molecule has 0 aliphatic carbocycles. The molecular weight excluding hydrogens is 232 g/mol. The van der Waals surface area contributed by atoms with E-state index in [-0.39, 0.29) is 30.4 Å². The lowest BCUT2D eigenvalue weighted by molar-refractivity contribution is -0.132. The molecule has 0 radical (unpaired) electrons. The predicted octanol–water partition coefficient (Wildman–Crippen LogP) is -0.0474. The first-order valence-corrected chi connectivity index (χ1v) is 5.81. The van der Waals surface area contributed by atoms with Crippen molar-refractivity contribution in [2.75, 3.05) is 11.4 Å². The Labute approximate surface area is 105 Å². The number of rotatable bonds is 2. The van der Waals surface area contributed by atoms with E-state index in [1.807, 2.05) is 19.1 Å². The van der Waals surface area contributed by atoms with E-state index in [9.17, 15) is 9.59 Å². The van der Waals surface area contributed by atoms with Crippen LogP contribution in [0.4, 0.5) is 5.69 Å². The Morgan fingerprint density at radius 1 is 1.50 bits per heavy atom. The summed E-state index contributed by atoms with van der Waals surface area (Å²) >= 11 is 0. The lowest BCUT2D eigenvalue weighted by Crippen LogP contribution is -2.57. The Morgan fingerprint density at radius 3 is 2.78 bits per heavy atom. The second-order valence-electron chi connectivity index (χ2n) is 4.45. The van der Waals surface area contributed by atoms with Crippen LogP contribution in [0.2, 0.25) is 0 Å². The molecular formula is C12H16N4O2. The average Bonchev–Trinajstić information content (AvgIpc) is 2.34. The van der Waals surface area contributed by atoms with Gasteiger partial charge in [0, 0.05) is 6.04 Å². The van der Waals surface area contributed by atoms with Crippen molar-refractivity contribution in [1.29, 1.82) is 0 Å². The van der Waals surface area contributed by atoms with Crippen LogP contribution >= 0.6 is 0 Å². The van der Waals surface area contributed by atoms with E-state index in [2.05, 4.69) is 10.3 Å². The lowest BCUT2D eigenvalue weighted by atomic mass is 10.1. The van der Waals surface area contributed by atoms with E-state index in [1.165, 1.54) is 0 Å². The first kappa shape index (κ1) is 12.5. The SMILES string of the molecule is CC(N)c1ccc(N2CC(=O)NC(=O)C2C)cn1. The van der Waals surface area contributed by atoms with Gasteiger partial charge < -0.3 is 10.6 Å². The van der Waals surface area contributed by atoms with E-state index in [0.717, 1.165) is 11.4 Å². The molecule has 18 heavy (non-hydrogen) atoms. The quantitative estimate of drug-likeness (QED) is 0.716. The molecule has 1 saturated heterocycles. The average molecular weight is 248 g/mol. The number of carbonyl (C=O) groups is 2. The fourth-order valence-corrected chi connectivity index (χ4v) is 1.87. The highest BCUT2D eigenvalue weighted by molar-refractivity contribution is 6.04. The van der Waals surface area contributed by atoms with E-state index in [0.29, 0.717) is 0 Å². The smallest absolute Gasteiger partial charge is 0.249 e. The van der Waals surface area contributed by atoms with Gasteiger partial charge in [0.15, 0.2) is 0 Å². The van der Waals surface area contributed by atoms with Crippen LogP contribution in [-0.2, 0) is 9.59 Å². The first-order valence-electron chi connectivity index (χ1n) is 5.81. The molecule has 2 amide bonds. The molecule has 0 aromatic carbocycles. The van der Waals surface area contributed by atoms with E-state index >= 15 is 0 Å². The Balaban J connectivity index is 2.24. The molecule has 1 aliphatic rings. The molecule has 1 aromatic heterocycles. The summed E-state index contributed by atoms with van der Waals surface area (Å²) in [4.78, 5) is 28.9. The molecule has 3 N–H and O–H groups in total. The minimum atomic E-state index is -0.384. The summed E-state index contributed by atoms with van der Waals surface area (Å²) < 4.78 is 0. The highest BCUT2D eigenvalue weighted by atomic mass is 16.2. The fraction of sp³-hybridized carbons (Fsp3) is 0.417. The number of pyridine rings is 1. The minimum Gasteiger partial charge on any atom is -0.349 e. The van der Waals surface area contributed by atoms with E-state index < -0.39 is 0 Å². The van der Waals surface area contributed by atoms with Crippen molar-refractivity contribution in [3.8, 4) is 0 Å². The molecule has 2 unspecified atom stereocenters. The predicted molar refractivity (Wildman–Crippen MR) is 66.8 cm³/mol. The minimum absolute atomic E-state index is 0.136. The second kappa shape index (κ2) is 4.73. The third-order valence-electron chi connectivity index (χ3n) is 2.99. The summed E-state index contributed by atoms with van der Waals surface area (Å²) in [6, 6.07) is 3.12. The standard InChI is InChI=1S/C12H16N4O2/c1-7(13)10-4-3-9(5-14-10)16-6-11(17)15-12(18)8(16)2/h3-5,7-8H,6,13H2,1-2H3,(H,15,17,18). The number of hydrogen-bond acceptors (Lipinski definition) is 5. The van der Waals surface area contributed by atoms with Gasteiger partial charge in [-0.1, -0.05) is 0 Å². The Hall–Kier alpha value is -1.95. The molecule has 1 fully saturated rings. The number of imide groups is 1. The van der Waals surface area contributed by atoms with Crippen molar-refractivity contribution in [2.24, 2.45) is 5.73 Å². The molecule has 96 valence electrons. The van der Waals surface area contributed by atoms with Gasteiger partial charge in [-0.15, -0.1) is 0 Å². The number of carbonyl (C=O) groups excluding carboxylic acids is 2. The van der Waals surface area contributed by atoms with Gasteiger partial charge in [-0.3, -0.25) is 19.9 Å². The molecule has 6 heteroatoms. The first-order chi connectivity index (χ1) is 8.49. The van der Waals surface area contributed by atoms with Crippen LogP contribution in [0, 0.1) is 0 Å². The largest absolute Gasteiger partial charge is 0.349 e. The number of amides is 2. The topological polar surface area (TPSA) is 88.3 Å². The van der Waals surface area contributed by atoms with Crippen LogP contribution in [0.15, 0.2) is 18.3 Å². The van der Waals surface area contributed by atoms with Crippen molar-refractivity contribution >= 4 is 17.5 Å². The summed E-state index contributed by atoms with van der Waals surface area (Å²) in [7, 11) is 0. The zero-order valence-electron chi connectivity index (χ0n) is 10.4. The fourth-order valence-electron chi connectivity index (χ4n) is 1.87. The monoisotopic (exact) mass is 248 g/mol. The highest BCUT2D eigenvalue weighted by Gasteiger charge is 2.30. The number of nitrogens with two attached hydrogens (primary N) is 1. The van der Waals surface area contributed by atoms with Gasteiger partial charge in [0.2, 0.25) is 11.8 Å². The van der Waals surface area contributed by atoms with Gasteiger partial charge in [-0.25, -0.2) is 0 Å². The summed E-state index contributed by atoms with van der Waals surface area (Å²) in [6.45, 7) is 3.76. The second-order valence-corrected chi connectivity index (χ2v) is 4.45. The van der Waals surface area contributed by atoms with Gasteiger partial charge in [-0.05, 0) is 26.0 Å². The van der Waals surface area contributed by atoms with Gasteiger partial charge >= 0.3 is 0 Å². The number of nitrogens with zero attached hydrogens (tertiary/aromatic N) is 2. The molecule has 0 bridgehead atoms. The van der Waals surface area contributed by atoms with Crippen LogP contribution in [-0.4, -0.2) is 29.4 Å². The van der Waals surface area contributed by atoms with E-state index in [1.54, 1.807) is 18.0 Å². The van der Waals surface area contributed by atoms with Crippen LogP contribution in [0.1, 0.15) is 25.6 Å². The number of piperazine rings is 1. The van der Waals surface area contributed by atoms with Crippen LogP contribution in [0.25, 0.3) is 0 Å². The molecule has 1 aromatic rings. The third kappa shape index (κ3) is 2.33. The number of aromatic nitrogens is 1. The number of anilines is 1. The normalized spacial score (nSPS) is 21.7. The summed E-state index contributed by atoms with van der Waals surface area (Å²) in [6.07, 6.45) is 1.64. The number of nitrogens with one attached hydrogen (secondary N) is 1. The maximum Gasteiger partial charge on any atom is 0.249 e. The zero-order chi connectivity index (χ0) is 13.3. The Bertz CT molecular complexity index is 469. The van der Waals surface area contributed by atoms with Crippen LogP contribution in [0.3, 0.4) is 0 Å². The lowest BCUT2D eigenvalue weighted by Gasteiger charge is -2.33. The maximum atomic E-state index is 11.5. The van der Waals surface area contributed by atoms with E-state index in [4.69, 9.17) is 5.73 Å². The summed E-state index contributed by atoms with van der Waals surface area (Å²) in [5, 5.41) is 2.30. The molecule has 2 atom stereocenters. The van der Waals surface area contributed by atoms with Crippen LogP contribution < -0.4 is 16.0 Å². The van der Waals surface area contributed by atoms with Gasteiger partial charge in [0.05, 0.1) is 24.1 Å². The Kier molecular flexibility index (Phi) is 3.29. The summed E-state index contributed by atoms with van der Waals surface area (Å²) in [5.41, 5.74) is 7.24. The van der Waals surface area contributed by atoms with Gasteiger partial charge in [0.1, 0.15) is 6.04 Å². The molecule has 6 nitrogen and oxygen atoms in total. The third-order valence-corrected chi connectivity index (χ3v) is 2.99.